The molecule has 1 saturated carbocycles. The Labute approximate surface area is 89.7 Å². The maximum atomic E-state index is 11.4. The van der Waals surface area contributed by atoms with E-state index in [9.17, 15) is 10.0 Å². The Morgan fingerprint density at radius 2 is 2.47 bits per heavy atom. The van der Waals surface area contributed by atoms with Gasteiger partial charge in [0.1, 0.15) is 0 Å². The SMILES string of the molecule is CCC1=C[C@@H]2[C@H](C1)CC21CC(=O)N(O)C1. The molecule has 1 heterocycles. The topological polar surface area (TPSA) is 40.5 Å². The van der Waals surface area contributed by atoms with Crippen molar-refractivity contribution in [3.05, 3.63) is 11.6 Å². The van der Waals surface area contributed by atoms with E-state index in [4.69, 9.17) is 0 Å². The van der Waals surface area contributed by atoms with Crippen molar-refractivity contribution in [3.8, 4) is 0 Å². The standard InChI is InChI=1S/C12H17NO2/c1-2-8-3-9-5-12(10(9)4-8)6-11(14)13(15)7-12/h4,9-10,15H,2-3,5-7H2,1H3/t9-,10-,12?/m1/s1. The molecule has 3 nitrogen and oxygen atoms in total. The first-order valence-corrected chi connectivity index (χ1v) is 5.83. The number of carbonyl (C=O) groups is 1. The van der Waals surface area contributed by atoms with Crippen molar-refractivity contribution in [1.82, 2.24) is 5.06 Å². The van der Waals surface area contributed by atoms with Crippen molar-refractivity contribution in [3.63, 3.8) is 0 Å². The van der Waals surface area contributed by atoms with Crippen molar-refractivity contribution in [2.75, 3.05) is 6.54 Å². The Kier molecular flexibility index (Phi) is 1.78. The van der Waals surface area contributed by atoms with E-state index in [1.165, 1.54) is 6.42 Å². The first kappa shape index (κ1) is 9.40. The molecular weight excluding hydrogens is 190 g/mol. The monoisotopic (exact) mass is 207 g/mol. The van der Waals surface area contributed by atoms with Gasteiger partial charge in [-0.25, -0.2) is 5.06 Å². The third kappa shape index (κ3) is 1.13. The molecule has 1 unspecified atom stereocenters. The van der Waals surface area contributed by atoms with Crippen LogP contribution in [0.2, 0.25) is 0 Å². The average molecular weight is 207 g/mol. The summed E-state index contributed by atoms with van der Waals surface area (Å²) in [5.74, 6) is 1.24. The van der Waals surface area contributed by atoms with Crippen LogP contribution in [0.25, 0.3) is 0 Å². The molecule has 1 amide bonds. The Balaban J connectivity index is 1.82. The molecule has 0 bridgehead atoms. The number of carbonyl (C=O) groups excluding carboxylic acids is 1. The molecule has 3 rings (SSSR count). The van der Waals surface area contributed by atoms with Crippen LogP contribution < -0.4 is 0 Å². The molecule has 1 spiro atoms. The fourth-order valence-corrected chi connectivity index (χ4v) is 3.75. The summed E-state index contributed by atoms with van der Waals surface area (Å²) >= 11 is 0. The molecule has 2 fully saturated rings. The highest BCUT2D eigenvalue weighted by Gasteiger charge is 2.59. The summed E-state index contributed by atoms with van der Waals surface area (Å²) in [6.45, 7) is 2.75. The summed E-state index contributed by atoms with van der Waals surface area (Å²) in [4.78, 5) is 11.4. The zero-order valence-electron chi connectivity index (χ0n) is 9.07. The third-order valence-corrected chi connectivity index (χ3v) is 4.53. The number of hydrogen-bond donors (Lipinski definition) is 1. The van der Waals surface area contributed by atoms with Gasteiger partial charge in [-0.2, -0.15) is 0 Å². The first-order valence-electron chi connectivity index (χ1n) is 5.83. The average Bonchev–Trinajstić information content (AvgIpc) is 2.68. The predicted octanol–water partition coefficient (Wildman–Crippen LogP) is 1.97. The summed E-state index contributed by atoms with van der Waals surface area (Å²) in [6.07, 6.45) is 6.42. The molecule has 0 aromatic heterocycles. The van der Waals surface area contributed by atoms with Gasteiger partial charge in [-0.05, 0) is 31.1 Å². The molecule has 3 atom stereocenters. The lowest BCUT2D eigenvalue weighted by Crippen LogP contribution is -2.46. The lowest BCUT2D eigenvalue weighted by Gasteiger charge is -2.49. The van der Waals surface area contributed by atoms with Crippen molar-refractivity contribution < 1.29 is 10.0 Å². The number of hydrogen-bond acceptors (Lipinski definition) is 2. The van der Waals surface area contributed by atoms with Gasteiger partial charge in [0.15, 0.2) is 0 Å². The molecule has 0 aromatic carbocycles. The second kappa shape index (κ2) is 2.85. The number of nitrogens with zero attached hydrogens (tertiary/aromatic N) is 1. The number of hydroxylamine groups is 2. The second-order valence-electron chi connectivity index (χ2n) is 5.36. The zero-order valence-corrected chi connectivity index (χ0v) is 9.07. The van der Waals surface area contributed by atoms with Crippen LogP contribution in [0, 0.1) is 17.3 Å². The van der Waals surface area contributed by atoms with Crippen LogP contribution in [0.5, 0.6) is 0 Å². The van der Waals surface area contributed by atoms with E-state index >= 15 is 0 Å². The zero-order chi connectivity index (χ0) is 10.6. The summed E-state index contributed by atoms with van der Waals surface area (Å²) in [7, 11) is 0. The minimum atomic E-state index is -0.0909. The molecule has 1 saturated heterocycles. The van der Waals surface area contributed by atoms with Gasteiger partial charge in [-0.1, -0.05) is 18.6 Å². The fourth-order valence-electron chi connectivity index (χ4n) is 3.75. The van der Waals surface area contributed by atoms with Gasteiger partial charge in [-0.15, -0.1) is 0 Å². The molecule has 82 valence electrons. The smallest absolute Gasteiger partial charge is 0.246 e. The molecule has 3 aliphatic rings. The second-order valence-corrected chi connectivity index (χ2v) is 5.36. The lowest BCUT2D eigenvalue weighted by molar-refractivity contribution is -0.158. The largest absolute Gasteiger partial charge is 0.286 e. The maximum absolute atomic E-state index is 11.4. The summed E-state index contributed by atoms with van der Waals surface area (Å²) in [5.41, 5.74) is 1.64. The van der Waals surface area contributed by atoms with Crippen LogP contribution in [-0.4, -0.2) is 22.7 Å². The Hall–Kier alpha value is -0.830. The van der Waals surface area contributed by atoms with Crippen LogP contribution in [0.4, 0.5) is 0 Å². The van der Waals surface area contributed by atoms with Gasteiger partial charge in [0.05, 0.1) is 6.54 Å². The van der Waals surface area contributed by atoms with Crippen LogP contribution in [0.3, 0.4) is 0 Å². The molecule has 2 aliphatic carbocycles. The lowest BCUT2D eigenvalue weighted by atomic mass is 9.54. The Bertz CT molecular complexity index is 350. The van der Waals surface area contributed by atoms with Crippen LogP contribution in [0.15, 0.2) is 11.6 Å². The highest BCUT2D eigenvalue weighted by molar-refractivity contribution is 5.78. The van der Waals surface area contributed by atoms with E-state index in [-0.39, 0.29) is 11.3 Å². The molecule has 15 heavy (non-hydrogen) atoms. The van der Waals surface area contributed by atoms with Crippen LogP contribution in [0.1, 0.15) is 32.6 Å². The normalized spacial score (nSPS) is 43.2. The van der Waals surface area contributed by atoms with E-state index in [1.807, 2.05) is 0 Å². The summed E-state index contributed by atoms with van der Waals surface area (Å²) in [5, 5.41) is 10.3. The molecule has 0 aromatic rings. The van der Waals surface area contributed by atoms with Gasteiger partial charge in [0, 0.05) is 11.8 Å². The van der Waals surface area contributed by atoms with E-state index in [0.717, 1.165) is 23.8 Å². The van der Waals surface area contributed by atoms with Gasteiger partial charge in [-0.3, -0.25) is 10.0 Å². The minimum absolute atomic E-state index is 0.0907. The van der Waals surface area contributed by atoms with Crippen molar-refractivity contribution in [2.24, 2.45) is 17.3 Å². The van der Waals surface area contributed by atoms with Crippen molar-refractivity contribution in [2.45, 2.75) is 32.6 Å². The molecule has 1 N–H and O–H groups in total. The van der Waals surface area contributed by atoms with Gasteiger partial charge in [0.2, 0.25) is 5.91 Å². The molecule has 3 heteroatoms. The number of fused-ring (bicyclic) bond motifs is 2. The highest BCUT2D eigenvalue weighted by Crippen LogP contribution is 2.62. The van der Waals surface area contributed by atoms with Gasteiger partial charge in [0.25, 0.3) is 0 Å². The molecular formula is C12H17NO2. The van der Waals surface area contributed by atoms with Crippen molar-refractivity contribution in [1.29, 1.82) is 0 Å². The minimum Gasteiger partial charge on any atom is -0.286 e. The predicted molar refractivity (Wildman–Crippen MR) is 55.1 cm³/mol. The summed E-state index contributed by atoms with van der Waals surface area (Å²) < 4.78 is 0. The highest BCUT2D eigenvalue weighted by atomic mass is 16.5. The number of rotatable bonds is 1. The Morgan fingerprint density at radius 1 is 1.67 bits per heavy atom. The Morgan fingerprint density at radius 3 is 3.07 bits per heavy atom. The number of allylic oxidation sites excluding steroid dienone is 2. The first-order chi connectivity index (χ1) is 7.14. The fraction of sp³-hybridized carbons (Fsp3) is 0.750. The van der Waals surface area contributed by atoms with Crippen molar-refractivity contribution >= 4 is 5.91 Å². The quantitative estimate of drug-likeness (QED) is 0.527. The van der Waals surface area contributed by atoms with Crippen LogP contribution >= 0.6 is 0 Å². The van der Waals surface area contributed by atoms with E-state index in [2.05, 4.69) is 13.0 Å². The van der Waals surface area contributed by atoms with E-state index < -0.39 is 0 Å². The van der Waals surface area contributed by atoms with Gasteiger partial charge >= 0.3 is 0 Å². The van der Waals surface area contributed by atoms with E-state index in [0.29, 0.717) is 18.9 Å². The molecule has 1 aliphatic heterocycles. The van der Waals surface area contributed by atoms with E-state index in [1.54, 1.807) is 5.57 Å². The summed E-state index contributed by atoms with van der Waals surface area (Å²) in [6, 6.07) is 0. The van der Waals surface area contributed by atoms with Crippen LogP contribution in [-0.2, 0) is 4.79 Å². The number of amides is 1. The van der Waals surface area contributed by atoms with Gasteiger partial charge < -0.3 is 0 Å². The maximum Gasteiger partial charge on any atom is 0.246 e. The molecule has 0 radical (unpaired) electrons. The third-order valence-electron chi connectivity index (χ3n) is 4.53.